The summed E-state index contributed by atoms with van der Waals surface area (Å²) in [6.07, 6.45) is 76.5. The number of hydrogen-bond acceptors (Lipinski definition) is 5. The lowest BCUT2D eigenvalue weighted by atomic mass is 10.0. The quantitative estimate of drug-likeness (QED) is 0.0320. The maximum absolute atomic E-state index is 12.5. The molecule has 0 aromatic rings. The van der Waals surface area contributed by atoms with Crippen LogP contribution in [0, 0.1) is 0 Å². The van der Waals surface area contributed by atoms with E-state index in [9.17, 15) is 19.8 Å². The molecule has 0 fully saturated rings. The molecular formula is C66H127NO5. The number of rotatable bonds is 61. The van der Waals surface area contributed by atoms with Gasteiger partial charge in [0.05, 0.1) is 25.4 Å². The van der Waals surface area contributed by atoms with Gasteiger partial charge < -0.3 is 20.3 Å². The predicted molar refractivity (Wildman–Crippen MR) is 315 cm³/mol. The van der Waals surface area contributed by atoms with Crippen molar-refractivity contribution in [1.82, 2.24) is 5.32 Å². The molecule has 6 heteroatoms. The highest BCUT2D eigenvalue weighted by molar-refractivity contribution is 5.76. The van der Waals surface area contributed by atoms with Crippen LogP contribution in [0.15, 0.2) is 24.3 Å². The fraction of sp³-hybridized carbons (Fsp3) is 0.909. The van der Waals surface area contributed by atoms with Crippen LogP contribution in [0.3, 0.4) is 0 Å². The second kappa shape index (κ2) is 61.9. The molecule has 0 aliphatic rings. The highest BCUT2D eigenvalue weighted by Crippen LogP contribution is 2.18. The van der Waals surface area contributed by atoms with Crippen LogP contribution in [0.25, 0.3) is 0 Å². The van der Waals surface area contributed by atoms with Gasteiger partial charge in [-0.1, -0.05) is 314 Å². The largest absolute Gasteiger partial charge is 0.466 e. The number of esters is 1. The van der Waals surface area contributed by atoms with Crippen LogP contribution in [0.5, 0.6) is 0 Å². The fourth-order valence-corrected chi connectivity index (χ4v) is 10.2. The molecule has 0 radical (unpaired) electrons. The topological polar surface area (TPSA) is 95.9 Å². The normalized spacial score (nSPS) is 12.7. The van der Waals surface area contributed by atoms with Gasteiger partial charge in [0.15, 0.2) is 0 Å². The molecule has 1 amide bonds. The Balaban J connectivity index is 3.48. The summed E-state index contributed by atoms with van der Waals surface area (Å²) in [5.41, 5.74) is 0. The lowest BCUT2D eigenvalue weighted by Crippen LogP contribution is -2.45. The second-order valence-electron chi connectivity index (χ2n) is 22.5. The van der Waals surface area contributed by atoms with Gasteiger partial charge in [-0.2, -0.15) is 0 Å². The van der Waals surface area contributed by atoms with Crippen molar-refractivity contribution < 1.29 is 24.5 Å². The van der Waals surface area contributed by atoms with Gasteiger partial charge in [-0.05, 0) is 57.8 Å². The van der Waals surface area contributed by atoms with E-state index in [1.165, 1.54) is 270 Å². The molecule has 3 N–H and O–H groups in total. The lowest BCUT2D eigenvalue weighted by Gasteiger charge is -2.20. The van der Waals surface area contributed by atoms with Gasteiger partial charge in [0, 0.05) is 12.8 Å². The van der Waals surface area contributed by atoms with Crippen molar-refractivity contribution in [2.75, 3.05) is 13.2 Å². The number of carbonyl (C=O) groups is 2. The SMILES string of the molecule is CCCCCCCCCCCCCCCCCCCCCCCCC/C=C/C(O)C(CO)NC(=O)CCCCCCC/C=C\CCCCCCCCCOC(=O)CCCCCCCCCCCCCCCC. The highest BCUT2D eigenvalue weighted by Gasteiger charge is 2.18. The maximum Gasteiger partial charge on any atom is 0.305 e. The third kappa shape index (κ3) is 57.6. The first-order valence-corrected chi connectivity index (χ1v) is 32.6. The van der Waals surface area contributed by atoms with E-state index < -0.39 is 12.1 Å². The fourth-order valence-electron chi connectivity index (χ4n) is 10.2. The Bertz CT molecular complexity index is 1120. The van der Waals surface area contributed by atoms with Crippen molar-refractivity contribution in [3.8, 4) is 0 Å². The molecule has 0 aliphatic heterocycles. The summed E-state index contributed by atoms with van der Waals surface area (Å²) in [5, 5.41) is 23.2. The van der Waals surface area contributed by atoms with E-state index in [1.807, 2.05) is 6.08 Å². The number of unbranched alkanes of at least 4 members (excludes halogenated alkanes) is 48. The van der Waals surface area contributed by atoms with Crippen LogP contribution in [-0.4, -0.2) is 47.4 Å². The predicted octanol–water partition coefficient (Wildman–Crippen LogP) is 20.6. The molecule has 2 unspecified atom stereocenters. The van der Waals surface area contributed by atoms with Crippen molar-refractivity contribution in [3.05, 3.63) is 24.3 Å². The summed E-state index contributed by atoms with van der Waals surface area (Å²) in [7, 11) is 0. The van der Waals surface area contributed by atoms with Crippen molar-refractivity contribution >= 4 is 11.9 Å². The molecule has 6 nitrogen and oxygen atoms in total. The molecule has 0 rings (SSSR count). The Kier molecular flexibility index (Phi) is 60.5. The molecule has 0 aromatic carbocycles. The number of allylic oxidation sites excluding steroid dienone is 3. The molecular weight excluding hydrogens is 887 g/mol. The summed E-state index contributed by atoms with van der Waals surface area (Å²) < 4.78 is 5.48. The molecule has 2 atom stereocenters. The Labute approximate surface area is 450 Å². The van der Waals surface area contributed by atoms with E-state index in [0.29, 0.717) is 19.4 Å². The number of aliphatic hydroxyl groups excluding tert-OH is 2. The van der Waals surface area contributed by atoms with Crippen LogP contribution in [0.2, 0.25) is 0 Å². The monoisotopic (exact) mass is 1010 g/mol. The van der Waals surface area contributed by atoms with Crippen molar-refractivity contribution in [2.24, 2.45) is 0 Å². The molecule has 0 heterocycles. The van der Waals surface area contributed by atoms with Crippen LogP contribution in [-0.2, 0) is 14.3 Å². The highest BCUT2D eigenvalue weighted by atomic mass is 16.5. The van der Waals surface area contributed by atoms with Crippen LogP contribution in [0.4, 0.5) is 0 Å². The zero-order chi connectivity index (χ0) is 52.2. The Morgan fingerprint density at radius 1 is 0.375 bits per heavy atom. The Hall–Kier alpha value is -1.66. The average Bonchev–Trinajstić information content (AvgIpc) is 3.38. The second-order valence-corrected chi connectivity index (χ2v) is 22.5. The summed E-state index contributed by atoms with van der Waals surface area (Å²) in [4.78, 5) is 24.6. The van der Waals surface area contributed by atoms with Gasteiger partial charge in [0.25, 0.3) is 0 Å². The molecule has 0 saturated carbocycles. The first kappa shape index (κ1) is 70.3. The van der Waals surface area contributed by atoms with Crippen LogP contribution < -0.4 is 5.32 Å². The van der Waals surface area contributed by atoms with E-state index in [0.717, 1.165) is 64.2 Å². The molecule has 426 valence electrons. The molecule has 0 spiro atoms. The van der Waals surface area contributed by atoms with Crippen molar-refractivity contribution in [1.29, 1.82) is 0 Å². The first-order valence-electron chi connectivity index (χ1n) is 32.6. The number of aliphatic hydroxyl groups is 2. The van der Waals surface area contributed by atoms with E-state index in [2.05, 4.69) is 31.3 Å². The van der Waals surface area contributed by atoms with Crippen molar-refractivity contribution in [3.63, 3.8) is 0 Å². The molecule has 0 aromatic heterocycles. The van der Waals surface area contributed by atoms with Crippen LogP contribution in [0.1, 0.15) is 361 Å². The summed E-state index contributed by atoms with van der Waals surface area (Å²) >= 11 is 0. The number of hydrogen-bond donors (Lipinski definition) is 3. The van der Waals surface area contributed by atoms with Gasteiger partial charge in [-0.25, -0.2) is 0 Å². The molecule has 0 bridgehead atoms. The standard InChI is InChI=1S/C66H127NO5/c1-3-5-7-9-11-13-15-17-19-20-21-22-23-24-25-26-27-28-31-34-38-42-46-50-54-58-64(69)63(62-68)67-65(70)59-55-51-47-43-39-35-32-29-30-33-37-41-45-49-53-57-61-72-66(71)60-56-52-48-44-40-36-18-16-14-12-10-8-6-4-2/h29,32,54,58,63-64,68-69H,3-28,30-31,33-53,55-57,59-62H2,1-2H3,(H,67,70)/b32-29-,58-54+. The average molecular weight is 1010 g/mol. The lowest BCUT2D eigenvalue weighted by molar-refractivity contribution is -0.143. The zero-order valence-corrected chi connectivity index (χ0v) is 48.7. The third-order valence-corrected chi connectivity index (χ3v) is 15.2. The van der Waals surface area contributed by atoms with Gasteiger partial charge in [0.1, 0.15) is 0 Å². The van der Waals surface area contributed by atoms with E-state index in [1.54, 1.807) is 6.08 Å². The number of ether oxygens (including phenoxy) is 1. The minimum absolute atomic E-state index is 0.000775. The zero-order valence-electron chi connectivity index (χ0n) is 48.7. The summed E-state index contributed by atoms with van der Waals surface area (Å²) in [5.74, 6) is -0.0819. The van der Waals surface area contributed by atoms with Crippen molar-refractivity contribution in [2.45, 2.75) is 373 Å². The summed E-state index contributed by atoms with van der Waals surface area (Å²) in [6, 6.07) is -0.641. The maximum atomic E-state index is 12.5. The molecule has 72 heavy (non-hydrogen) atoms. The van der Waals surface area contributed by atoms with Gasteiger partial charge in [-0.15, -0.1) is 0 Å². The van der Waals surface area contributed by atoms with E-state index in [-0.39, 0.29) is 18.5 Å². The first-order chi connectivity index (χ1) is 35.5. The van der Waals surface area contributed by atoms with Gasteiger partial charge in [-0.3, -0.25) is 9.59 Å². The minimum Gasteiger partial charge on any atom is -0.466 e. The smallest absolute Gasteiger partial charge is 0.305 e. The number of carbonyl (C=O) groups excluding carboxylic acids is 2. The minimum atomic E-state index is -0.856. The molecule has 0 saturated heterocycles. The molecule has 0 aliphatic carbocycles. The number of nitrogens with one attached hydrogen (secondary N) is 1. The van der Waals surface area contributed by atoms with Gasteiger partial charge in [0.2, 0.25) is 5.91 Å². The number of amides is 1. The summed E-state index contributed by atoms with van der Waals surface area (Å²) in [6.45, 7) is 4.91. The third-order valence-electron chi connectivity index (χ3n) is 15.2. The van der Waals surface area contributed by atoms with E-state index in [4.69, 9.17) is 4.74 Å². The Morgan fingerprint density at radius 3 is 0.986 bits per heavy atom. The Morgan fingerprint density at radius 2 is 0.653 bits per heavy atom. The van der Waals surface area contributed by atoms with E-state index >= 15 is 0 Å². The van der Waals surface area contributed by atoms with Gasteiger partial charge >= 0.3 is 5.97 Å². The van der Waals surface area contributed by atoms with Crippen LogP contribution >= 0.6 is 0 Å².